The molecule has 0 radical (unpaired) electrons. The summed E-state index contributed by atoms with van der Waals surface area (Å²) in [5.41, 5.74) is 14.6. The first-order valence-corrected chi connectivity index (χ1v) is 16.8. The summed E-state index contributed by atoms with van der Waals surface area (Å²) in [5, 5.41) is 2.54. The van der Waals surface area contributed by atoms with Gasteiger partial charge in [0, 0.05) is 16.7 Å². The summed E-state index contributed by atoms with van der Waals surface area (Å²) in [6.45, 7) is 0. The third kappa shape index (κ3) is 4.14. The molecule has 10 rings (SSSR count). The topological polar surface area (TPSA) is 25.8 Å². The lowest BCUT2D eigenvalue weighted by atomic mass is 9.65. The molecular weight excluding hydrogens is 593 g/mol. The third-order valence-electron chi connectivity index (χ3n) is 10.3. The normalized spacial score (nSPS) is 15.3. The van der Waals surface area contributed by atoms with Gasteiger partial charge < -0.3 is 0 Å². The van der Waals surface area contributed by atoms with Gasteiger partial charge in [-0.25, -0.2) is 9.97 Å². The van der Waals surface area contributed by atoms with Gasteiger partial charge in [0.05, 0.1) is 16.8 Å². The van der Waals surface area contributed by atoms with Gasteiger partial charge in [0.2, 0.25) is 0 Å². The van der Waals surface area contributed by atoms with Crippen LogP contribution in [0.4, 0.5) is 0 Å². The summed E-state index contributed by atoms with van der Waals surface area (Å²) in [6.07, 6.45) is 4.58. The first-order chi connectivity index (χ1) is 24.3. The van der Waals surface area contributed by atoms with E-state index in [1.807, 2.05) is 24.3 Å². The van der Waals surface area contributed by atoms with Crippen LogP contribution in [-0.4, -0.2) is 9.97 Å². The average Bonchev–Trinajstić information content (AvgIpc) is 3.40. The highest BCUT2D eigenvalue weighted by atomic mass is 14.9. The first-order valence-electron chi connectivity index (χ1n) is 16.8. The van der Waals surface area contributed by atoms with E-state index >= 15 is 0 Å². The lowest BCUT2D eigenvalue weighted by Crippen LogP contribution is -2.30. The van der Waals surface area contributed by atoms with Gasteiger partial charge >= 0.3 is 0 Å². The molecule has 0 fully saturated rings. The highest BCUT2D eigenvalue weighted by Crippen LogP contribution is 2.60. The fraction of sp³-hybridized carbons (Fsp3) is 0.0213. The number of hydrogen-bond acceptors (Lipinski definition) is 2. The van der Waals surface area contributed by atoms with Crippen LogP contribution in [-0.2, 0) is 5.41 Å². The highest BCUT2D eigenvalue weighted by Gasteiger charge is 2.49. The Balaban J connectivity index is 1.29. The molecule has 7 aromatic carbocycles. The van der Waals surface area contributed by atoms with E-state index in [1.165, 1.54) is 55.3 Å². The van der Waals surface area contributed by atoms with Crippen LogP contribution >= 0.6 is 0 Å². The monoisotopic (exact) mass is 622 g/mol. The molecule has 0 saturated heterocycles. The van der Waals surface area contributed by atoms with Crippen LogP contribution in [0.25, 0.3) is 68.0 Å². The molecule has 0 amide bonds. The number of benzene rings is 7. The Morgan fingerprint density at radius 3 is 1.84 bits per heavy atom. The Hall–Kier alpha value is -6.38. The number of nitrogens with zero attached hydrogens (tertiary/aromatic N) is 2. The molecule has 228 valence electrons. The average molecular weight is 623 g/mol. The van der Waals surface area contributed by atoms with Crippen molar-refractivity contribution < 1.29 is 0 Å². The Bertz CT molecular complexity index is 2540. The minimum absolute atomic E-state index is 0.529. The molecule has 1 unspecified atom stereocenters. The van der Waals surface area contributed by atoms with Crippen LogP contribution in [0.3, 0.4) is 0 Å². The molecule has 0 N–H and O–H groups in total. The predicted octanol–water partition coefficient (Wildman–Crippen LogP) is 11.5. The van der Waals surface area contributed by atoms with Crippen LogP contribution in [0.15, 0.2) is 170 Å². The second kappa shape index (κ2) is 10.8. The molecule has 2 nitrogen and oxygen atoms in total. The Labute approximate surface area is 285 Å². The first kappa shape index (κ1) is 27.7. The standard InChI is InChI=1S/C47H30N2/c1-3-15-34(16-4-1)43-30-44(49-46(48-43)35-17-5-2-6-18-35)36-26-25-33-24-23-32-14-8-11-21-39(32)47(42(33)29-36)40-22-12-10-20-38(40)45-37-19-9-7-13-31(37)27-28-41(45)47/h1-30H. The minimum Gasteiger partial charge on any atom is -0.228 e. The van der Waals surface area contributed by atoms with Crippen molar-refractivity contribution in [3.05, 3.63) is 203 Å². The number of aromatic nitrogens is 2. The van der Waals surface area contributed by atoms with E-state index in [1.54, 1.807) is 0 Å². The molecule has 1 atom stereocenters. The van der Waals surface area contributed by atoms with Gasteiger partial charge in [0.15, 0.2) is 5.82 Å². The Morgan fingerprint density at radius 2 is 1.02 bits per heavy atom. The lowest BCUT2D eigenvalue weighted by molar-refractivity contribution is 0.767. The van der Waals surface area contributed by atoms with Gasteiger partial charge in [-0.05, 0) is 67.4 Å². The summed E-state index contributed by atoms with van der Waals surface area (Å²) >= 11 is 0. The van der Waals surface area contributed by atoms with Gasteiger partial charge in [0.25, 0.3) is 0 Å². The summed E-state index contributed by atoms with van der Waals surface area (Å²) in [5.74, 6) is 0.717. The van der Waals surface area contributed by atoms with Gasteiger partial charge in [0.1, 0.15) is 0 Å². The molecule has 1 aromatic heterocycles. The third-order valence-corrected chi connectivity index (χ3v) is 10.3. The minimum atomic E-state index is -0.529. The number of rotatable bonds is 3. The Kier molecular flexibility index (Phi) is 6.13. The fourth-order valence-electron chi connectivity index (χ4n) is 8.19. The number of fused-ring (bicyclic) bond motifs is 11. The van der Waals surface area contributed by atoms with Crippen molar-refractivity contribution in [1.29, 1.82) is 0 Å². The zero-order chi connectivity index (χ0) is 32.4. The van der Waals surface area contributed by atoms with Crippen LogP contribution in [0.2, 0.25) is 0 Å². The van der Waals surface area contributed by atoms with Crippen molar-refractivity contribution >= 4 is 22.9 Å². The van der Waals surface area contributed by atoms with Crippen molar-refractivity contribution in [2.75, 3.05) is 0 Å². The largest absolute Gasteiger partial charge is 0.228 e. The SMILES string of the molecule is C1=Cc2ccc(-c3cc(-c4ccccc4)nc(-c4ccccc4)n3)cc2C2(c3ccccc31)c1ccccc1-c1c2ccc2ccccc12. The number of hydrogen-bond donors (Lipinski definition) is 0. The van der Waals surface area contributed by atoms with Crippen LogP contribution in [0.1, 0.15) is 33.4 Å². The molecule has 1 heterocycles. The smallest absolute Gasteiger partial charge is 0.160 e. The van der Waals surface area contributed by atoms with Crippen LogP contribution in [0.5, 0.6) is 0 Å². The van der Waals surface area contributed by atoms with E-state index in [-0.39, 0.29) is 0 Å². The van der Waals surface area contributed by atoms with Crippen LogP contribution in [0, 0.1) is 0 Å². The summed E-state index contributed by atoms with van der Waals surface area (Å²) < 4.78 is 0. The second-order valence-electron chi connectivity index (χ2n) is 12.9. The van der Waals surface area contributed by atoms with E-state index in [4.69, 9.17) is 9.97 Å². The maximum absolute atomic E-state index is 5.23. The summed E-state index contributed by atoms with van der Waals surface area (Å²) in [4.78, 5) is 10.3. The van der Waals surface area contributed by atoms with Gasteiger partial charge in [-0.3, -0.25) is 0 Å². The molecule has 8 aromatic rings. The van der Waals surface area contributed by atoms with Gasteiger partial charge in [-0.2, -0.15) is 0 Å². The molecule has 2 aliphatic carbocycles. The zero-order valence-electron chi connectivity index (χ0n) is 26.7. The molecular formula is C47H30N2. The molecule has 0 bridgehead atoms. The molecule has 2 heteroatoms. The van der Waals surface area contributed by atoms with E-state index in [0.29, 0.717) is 0 Å². The maximum Gasteiger partial charge on any atom is 0.160 e. The molecule has 0 saturated carbocycles. The molecule has 1 spiro atoms. The van der Waals surface area contributed by atoms with E-state index < -0.39 is 5.41 Å². The van der Waals surface area contributed by atoms with Crippen molar-refractivity contribution in [1.82, 2.24) is 9.97 Å². The highest BCUT2D eigenvalue weighted by molar-refractivity contribution is 6.05. The quantitative estimate of drug-likeness (QED) is 0.196. The predicted molar refractivity (Wildman–Crippen MR) is 202 cm³/mol. The van der Waals surface area contributed by atoms with Crippen molar-refractivity contribution in [2.45, 2.75) is 5.41 Å². The van der Waals surface area contributed by atoms with Crippen molar-refractivity contribution in [3.8, 4) is 45.0 Å². The van der Waals surface area contributed by atoms with Crippen molar-refractivity contribution in [2.24, 2.45) is 0 Å². The fourth-order valence-corrected chi connectivity index (χ4v) is 8.19. The molecule has 2 aliphatic rings. The zero-order valence-corrected chi connectivity index (χ0v) is 26.7. The van der Waals surface area contributed by atoms with Gasteiger partial charge in [-0.1, -0.05) is 170 Å². The summed E-state index contributed by atoms with van der Waals surface area (Å²) in [7, 11) is 0. The maximum atomic E-state index is 5.23. The van der Waals surface area contributed by atoms with Crippen LogP contribution < -0.4 is 0 Å². The van der Waals surface area contributed by atoms with Gasteiger partial charge in [-0.15, -0.1) is 0 Å². The van der Waals surface area contributed by atoms with E-state index in [9.17, 15) is 0 Å². The van der Waals surface area contributed by atoms with E-state index in [2.05, 4.69) is 158 Å². The van der Waals surface area contributed by atoms with Crippen molar-refractivity contribution in [3.63, 3.8) is 0 Å². The summed E-state index contributed by atoms with van der Waals surface area (Å²) in [6, 6.07) is 61.1. The van der Waals surface area contributed by atoms with E-state index in [0.717, 1.165) is 33.9 Å². The lowest BCUT2D eigenvalue weighted by Gasteiger charge is -2.35. The molecule has 0 aliphatic heterocycles. The Morgan fingerprint density at radius 1 is 0.388 bits per heavy atom. The molecule has 49 heavy (non-hydrogen) atoms. The second-order valence-corrected chi connectivity index (χ2v) is 12.9.